The molecule has 0 bridgehead atoms. The van der Waals surface area contributed by atoms with E-state index in [4.69, 9.17) is 4.42 Å². The summed E-state index contributed by atoms with van der Waals surface area (Å²) in [7, 11) is 0. The Bertz CT molecular complexity index is 407. The average molecular weight is 301 g/mol. The Morgan fingerprint density at radius 3 is 2.54 bits per heavy atom. The second-order valence-corrected chi connectivity index (χ2v) is 4.29. The molecule has 2 aromatic rings. The van der Waals surface area contributed by atoms with E-state index >= 15 is 0 Å². The van der Waals surface area contributed by atoms with Gasteiger partial charge in [-0.2, -0.15) is 0 Å². The van der Waals surface area contributed by atoms with Crippen molar-refractivity contribution in [1.29, 1.82) is 0 Å². The van der Waals surface area contributed by atoms with Crippen molar-refractivity contribution in [1.82, 2.24) is 0 Å². The van der Waals surface area contributed by atoms with E-state index < -0.39 is 0 Å². The zero-order valence-corrected chi connectivity index (χ0v) is 9.72. The van der Waals surface area contributed by atoms with E-state index in [2.05, 4.69) is 38.1 Å². The lowest BCUT2D eigenvalue weighted by atomic mass is 10.1. The summed E-state index contributed by atoms with van der Waals surface area (Å²) < 4.78 is 6.97. The van der Waals surface area contributed by atoms with Crippen LogP contribution in [0, 0.1) is 6.26 Å². The summed E-state index contributed by atoms with van der Waals surface area (Å²) >= 11 is 6.86. The molecule has 0 unspecified atom stereocenters. The van der Waals surface area contributed by atoms with Crippen molar-refractivity contribution < 1.29 is 4.42 Å². The Morgan fingerprint density at radius 2 is 1.92 bits per heavy atom. The van der Waals surface area contributed by atoms with Gasteiger partial charge in [-0.15, -0.1) is 0 Å². The number of hydrogen-bond acceptors (Lipinski definition) is 1. The van der Waals surface area contributed by atoms with Gasteiger partial charge in [0, 0.05) is 14.5 Å². The second-order valence-electron chi connectivity index (χ2n) is 2.58. The molecule has 0 spiro atoms. The Balaban J connectivity index is 2.49. The highest BCUT2D eigenvalue weighted by Gasteiger charge is 2.01. The zero-order valence-electron chi connectivity index (χ0n) is 6.55. The summed E-state index contributed by atoms with van der Waals surface area (Å²) in [5, 5.41) is 0. The van der Waals surface area contributed by atoms with Crippen LogP contribution < -0.4 is 0 Å². The molecule has 0 saturated heterocycles. The van der Waals surface area contributed by atoms with E-state index in [0.29, 0.717) is 0 Å². The third-order valence-corrected chi connectivity index (χ3v) is 3.60. The molecule has 0 aliphatic heterocycles. The molecule has 0 aliphatic carbocycles. The van der Waals surface area contributed by atoms with Crippen LogP contribution in [0.1, 0.15) is 0 Å². The lowest BCUT2D eigenvalue weighted by Crippen LogP contribution is -1.74. The maximum absolute atomic E-state index is 4.89. The first-order valence-electron chi connectivity index (χ1n) is 3.67. The van der Waals surface area contributed by atoms with Crippen LogP contribution in [-0.2, 0) is 0 Å². The van der Waals surface area contributed by atoms with Crippen LogP contribution in [0.4, 0.5) is 0 Å². The fourth-order valence-electron chi connectivity index (χ4n) is 1.06. The first kappa shape index (κ1) is 9.03. The number of benzene rings is 1. The highest BCUT2D eigenvalue weighted by Crippen LogP contribution is 2.28. The minimum atomic E-state index is 1.03. The number of furan rings is 1. The van der Waals surface area contributed by atoms with Crippen LogP contribution in [-0.4, -0.2) is 0 Å². The van der Waals surface area contributed by atoms with Crippen molar-refractivity contribution >= 4 is 31.9 Å². The Labute approximate surface area is 93.0 Å². The number of hydrogen-bond donors (Lipinski definition) is 0. The molecular formula is C10H5Br2O. The molecule has 1 aromatic carbocycles. The summed E-state index contributed by atoms with van der Waals surface area (Å²) in [6, 6.07) is 7.86. The van der Waals surface area contributed by atoms with Gasteiger partial charge in [0.25, 0.3) is 0 Å². The molecule has 0 atom stereocenters. The average Bonchev–Trinajstić information content (AvgIpc) is 2.62. The molecule has 0 saturated carbocycles. The lowest BCUT2D eigenvalue weighted by Gasteiger charge is -1.99. The molecule has 2 rings (SSSR count). The van der Waals surface area contributed by atoms with Gasteiger partial charge in [-0.3, -0.25) is 0 Å². The summed E-state index contributed by atoms with van der Waals surface area (Å²) in [4.78, 5) is 0. The molecule has 0 fully saturated rings. The fraction of sp³-hybridized carbons (Fsp3) is 0. The molecule has 1 aromatic heterocycles. The minimum Gasteiger partial charge on any atom is -0.460 e. The van der Waals surface area contributed by atoms with Gasteiger partial charge in [0.2, 0.25) is 0 Å². The van der Waals surface area contributed by atoms with Crippen LogP contribution in [0.3, 0.4) is 0 Å². The molecule has 0 N–H and O–H groups in total. The summed E-state index contributed by atoms with van der Waals surface area (Å²) in [6.45, 7) is 0. The van der Waals surface area contributed by atoms with Gasteiger partial charge < -0.3 is 4.42 Å². The minimum absolute atomic E-state index is 1.03. The van der Waals surface area contributed by atoms with Crippen molar-refractivity contribution in [3.63, 3.8) is 0 Å². The zero-order chi connectivity index (χ0) is 9.26. The van der Waals surface area contributed by atoms with Gasteiger partial charge in [0.05, 0.1) is 6.26 Å². The van der Waals surface area contributed by atoms with Crippen LogP contribution >= 0.6 is 31.9 Å². The van der Waals surface area contributed by atoms with Gasteiger partial charge in [0.15, 0.2) is 6.26 Å². The van der Waals surface area contributed by atoms with Crippen LogP contribution in [0.15, 0.2) is 43.9 Å². The molecule has 1 radical (unpaired) electrons. The van der Waals surface area contributed by atoms with E-state index in [-0.39, 0.29) is 0 Å². The summed E-state index contributed by atoms with van der Waals surface area (Å²) in [5.41, 5.74) is 2.15. The van der Waals surface area contributed by atoms with E-state index in [1.54, 1.807) is 6.26 Å². The smallest absolute Gasteiger partial charge is 0.169 e. The van der Waals surface area contributed by atoms with E-state index in [9.17, 15) is 0 Å². The SMILES string of the molecule is Brc1ccc(-c2c[c]oc2)cc1Br. The first-order chi connectivity index (χ1) is 6.27. The third kappa shape index (κ3) is 1.86. The van der Waals surface area contributed by atoms with Crippen LogP contribution in [0.25, 0.3) is 11.1 Å². The standard InChI is InChI=1S/C10H5Br2O/c11-9-2-1-7(5-10(9)12)8-3-4-13-6-8/h1-3,5-6H. The lowest BCUT2D eigenvalue weighted by molar-refractivity contribution is 0.559. The maximum atomic E-state index is 4.89. The Kier molecular flexibility index (Phi) is 2.56. The van der Waals surface area contributed by atoms with Crippen LogP contribution in [0.2, 0.25) is 0 Å². The van der Waals surface area contributed by atoms with Crippen molar-refractivity contribution in [2.75, 3.05) is 0 Å². The van der Waals surface area contributed by atoms with Crippen molar-refractivity contribution in [3.05, 3.63) is 45.7 Å². The molecule has 1 nitrogen and oxygen atoms in total. The fourth-order valence-corrected chi connectivity index (χ4v) is 1.68. The van der Waals surface area contributed by atoms with E-state index in [1.165, 1.54) is 0 Å². The second kappa shape index (κ2) is 3.68. The highest BCUT2D eigenvalue weighted by molar-refractivity contribution is 9.13. The molecule has 0 amide bonds. The van der Waals surface area contributed by atoms with Crippen molar-refractivity contribution in [2.45, 2.75) is 0 Å². The van der Waals surface area contributed by atoms with Gasteiger partial charge >= 0.3 is 0 Å². The number of halogens is 2. The molecular weight excluding hydrogens is 296 g/mol. The predicted molar refractivity (Wildman–Crippen MR) is 58.4 cm³/mol. The quantitative estimate of drug-likeness (QED) is 0.766. The summed E-state index contributed by atoms with van der Waals surface area (Å²) in [6.07, 6.45) is 4.34. The molecule has 13 heavy (non-hydrogen) atoms. The van der Waals surface area contributed by atoms with Gasteiger partial charge in [-0.1, -0.05) is 6.07 Å². The molecule has 3 heteroatoms. The van der Waals surface area contributed by atoms with Crippen LogP contribution in [0.5, 0.6) is 0 Å². The van der Waals surface area contributed by atoms with Gasteiger partial charge in [-0.05, 0) is 55.6 Å². The normalized spacial score (nSPS) is 10.3. The van der Waals surface area contributed by atoms with E-state index in [0.717, 1.165) is 20.1 Å². The molecule has 65 valence electrons. The van der Waals surface area contributed by atoms with E-state index in [1.807, 2.05) is 24.3 Å². The monoisotopic (exact) mass is 299 g/mol. The first-order valence-corrected chi connectivity index (χ1v) is 5.26. The highest BCUT2D eigenvalue weighted by atomic mass is 79.9. The molecule has 0 aliphatic rings. The molecule has 1 heterocycles. The summed E-state index contributed by atoms with van der Waals surface area (Å²) in [5.74, 6) is 0. The van der Waals surface area contributed by atoms with Gasteiger partial charge in [0.1, 0.15) is 0 Å². The Hall–Kier alpha value is -0.540. The maximum Gasteiger partial charge on any atom is 0.169 e. The Morgan fingerprint density at radius 1 is 1.08 bits per heavy atom. The largest absolute Gasteiger partial charge is 0.460 e. The predicted octanol–water partition coefficient (Wildman–Crippen LogP) is 4.27. The number of rotatable bonds is 1. The third-order valence-electron chi connectivity index (χ3n) is 1.72. The van der Waals surface area contributed by atoms with Crippen molar-refractivity contribution in [3.8, 4) is 11.1 Å². The van der Waals surface area contributed by atoms with Gasteiger partial charge in [-0.25, -0.2) is 0 Å². The topological polar surface area (TPSA) is 13.1 Å². The van der Waals surface area contributed by atoms with Crippen molar-refractivity contribution in [2.24, 2.45) is 0 Å².